The van der Waals surface area contributed by atoms with Crippen LogP contribution in [0.4, 0.5) is 0 Å². The fraction of sp³-hybridized carbons (Fsp3) is 0.944. The molecule has 0 aromatic heterocycles. The van der Waals surface area contributed by atoms with Gasteiger partial charge in [0.25, 0.3) is 0 Å². The molecule has 1 saturated heterocycles. The molecule has 3 rings (SSSR count). The molecule has 2 nitrogen and oxygen atoms in total. The van der Waals surface area contributed by atoms with Crippen LogP contribution in [0.25, 0.3) is 0 Å². The Balaban J connectivity index is 1.82. The van der Waals surface area contributed by atoms with Crippen molar-refractivity contribution in [2.75, 3.05) is 6.54 Å². The second kappa shape index (κ2) is 5.44. The van der Waals surface area contributed by atoms with Crippen LogP contribution in [-0.2, 0) is 4.79 Å². The highest BCUT2D eigenvalue weighted by Gasteiger charge is 2.47. The number of rotatable bonds is 1. The molecule has 2 aliphatic carbocycles. The number of likely N-dealkylation sites (tertiary alicyclic amines) is 1. The highest BCUT2D eigenvalue weighted by molar-refractivity contribution is 5.83. The third-order valence-corrected chi connectivity index (χ3v) is 5.94. The molecule has 114 valence electrons. The standard InChI is InChI=1S/C18H31NO/c1-13-9-15-16(10-18(2,3)11-17(15)20)19(12-13)14-7-5-4-6-8-14/h13-16H,4-12H2,1-3H3. The monoisotopic (exact) mass is 277 g/mol. The van der Waals surface area contributed by atoms with E-state index in [1.54, 1.807) is 0 Å². The highest BCUT2D eigenvalue weighted by atomic mass is 16.1. The van der Waals surface area contributed by atoms with Crippen molar-refractivity contribution in [2.24, 2.45) is 17.3 Å². The summed E-state index contributed by atoms with van der Waals surface area (Å²) in [6, 6.07) is 1.31. The van der Waals surface area contributed by atoms with Gasteiger partial charge in [-0.3, -0.25) is 9.69 Å². The van der Waals surface area contributed by atoms with Crippen molar-refractivity contribution in [1.29, 1.82) is 0 Å². The number of piperidine rings is 1. The quantitative estimate of drug-likeness (QED) is 0.721. The summed E-state index contributed by atoms with van der Waals surface area (Å²) in [7, 11) is 0. The molecule has 1 aliphatic heterocycles. The van der Waals surface area contributed by atoms with E-state index in [0.717, 1.165) is 18.9 Å². The van der Waals surface area contributed by atoms with Gasteiger partial charge in [0.15, 0.2) is 0 Å². The van der Waals surface area contributed by atoms with Crippen LogP contribution in [0.2, 0.25) is 0 Å². The van der Waals surface area contributed by atoms with Crippen molar-refractivity contribution < 1.29 is 4.79 Å². The Hall–Kier alpha value is -0.370. The highest BCUT2D eigenvalue weighted by Crippen LogP contribution is 2.45. The maximum Gasteiger partial charge on any atom is 0.138 e. The Kier molecular flexibility index (Phi) is 3.96. The third-order valence-electron chi connectivity index (χ3n) is 5.94. The van der Waals surface area contributed by atoms with E-state index in [2.05, 4.69) is 25.7 Å². The summed E-state index contributed by atoms with van der Waals surface area (Å²) in [4.78, 5) is 15.4. The van der Waals surface area contributed by atoms with E-state index in [4.69, 9.17) is 0 Å². The lowest BCUT2D eigenvalue weighted by atomic mass is 9.65. The van der Waals surface area contributed by atoms with E-state index < -0.39 is 0 Å². The second-order valence-electron chi connectivity index (χ2n) is 8.51. The van der Waals surface area contributed by atoms with E-state index in [1.807, 2.05) is 0 Å². The Morgan fingerprint density at radius 3 is 2.55 bits per heavy atom. The van der Waals surface area contributed by atoms with Gasteiger partial charge in [-0.25, -0.2) is 0 Å². The minimum Gasteiger partial charge on any atom is -0.299 e. The van der Waals surface area contributed by atoms with Crippen LogP contribution in [0.15, 0.2) is 0 Å². The predicted octanol–water partition coefficient (Wildman–Crippen LogP) is 4.03. The van der Waals surface area contributed by atoms with Gasteiger partial charge in [-0.05, 0) is 37.0 Å². The molecule has 0 aromatic carbocycles. The first-order valence-electron chi connectivity index (χ1n) is 8.75. The maximum absolute atomic E-state index is 12.6. The van der Waals surface area contributed by atoms with Crippen LogP contribution in [0.3, 0.4) is 0 Å². The summed E-state index contributed by atoms with van der Waals surface area (Å²) in [5.41, 5.74) is 0.214. The molecular weight excluding hydrogens is 246 g/mol. The van der Waals surface area contributed by atoms with Crippen molar-refractivity contribution >= 4 is 5.78 Å². The number of carbonyl (C=O) groups is 1. The van der Waals surface area contributed by atoms with E-state index in [1.165, 1.54) is 45.1 Å². The van der Waals surface area contributed by atoms with E-state index in [-0.39, 0.29) is 5.41 Å². The van der Waals surface area contributed by atoms with Crippen molar-refractivity contribution in [3.8, 4) is 0 Å². The number of hydrogen-bond donors (Lipinski definition) is 0. The van der Waals surface area contributed by atoms with Crippen LogP contribution in [0.1, 0.15) is 72.1 Å². The van der Waals surface area contributed by atoms with Crippen LogP contribution in [-0.4, -0.2) is 29.3 Å². The Morgan fingerprint density at radius 1 is 1.15 bits per heavy atom. The molecule has 0 amide bonds. The zero-order chi connectivity index (χ0) is 14.3. The number of nitrogens with zero attached hydrogens (tertiary/aromatic N) is 1. The summed E-state index contributed by atoms with van der Waals surface area (Å²) in [5.74, 6) is 1.59. The van der Waals surface area contributed by atoms with Gasteiger partial charge in [-0.15, -0.1) is 0 Å². The van der Waals surface area contributed by atoms with Gasteiger partial charge in [0.1, 0.15) is 5.78 Å². The van der Waals surface area contributed by atoms with Gasteiger partial charge in [0.05, 0.1) is 0 Å². The number of carbonyl (C=O) groups excluding carboxylic acids is 1. The normalized spacial score (nSPS) is 39.5. The molecule has 2 saturated carbocycles. The number of hydrogen-bond acceptors (Lipinski definition) is 2. The Labute approximate surface area is 124 Å². The summed E-state index contributed by atoms with van der Waals surface area (Å²) in [5, 5.41) is 0. The smallest absolute Gasteiger partial charge is 0.138 e. The van der Waals surface area contributed by atoms with E-state index in [9.17, 15) is 4.79 Å². The lowest BCUT2D eigenvalue weighted by molar-refractivity contribution is -0.137. The molecule has 0 aromatic rings. The number of fused-ring (bicyclic) bond motifs is 1. The number of Topliss-reactive ketones (excluding diaryl/α,β-unsaturated/α-hetero) is 1. The van der Waals surface area contributed by atoms with Gasteiger partial charge in [-0.1, -0.05) is 40.0 Å². The second-order valence-corrected chi connectivity index (χ2v) is 8.51. The first-order chi connectivity index (χ1) is 9.46. The molecule has 0 radical (unpaired) electrons. The first-order valence-corrected chi connectivity index (χ1v) is 8.75. The average molecular weight is 277 g/mol. The van der Waals surface area contributed by atoms with Crippen LogP contribution in [0.5, 0.6) is 0 Å². The predicted molar refractivity (Wildman–Crippen MR) is 82.7 cm³/mol. The van der Waals surface area contributed by atoms with E-state index >= 15 is 0 Å². The molecule has 0 bridgehead atoms. The maximum atomic E-state index is 12.6. The molecule has 3 unspecified atom stereocenters. The molecule has 20 heavy (non-hydrogen) atoms. The molecule has 3 aliphatic rings. The van der Waals surface area contributed by atoms with Crippen LogP contribution < -0.4 is 0 Å². The zero-order valence-corrected chi connectivity index (χ0v) is 13.5. The van der Waals surface area contributed by atoms with Crippen molar-refractivity contribution in [1.82, 2.24) is 4.90 Å². The molecular formula is C18H31NO. The average Bonchev–Trinajstić information content (AvgIpc) is 2.39. The Morgan fingerprint density at radius 2 is 1.85 bits per heavy atom. The summed E-state index contributed by atoms with van der Waals surface area (Å²) in [6.07, 6.45) is 10.1. The van der Waals surface area contributed by atoms with Crippen molar-refractivity contribution in [3.05, 3.63) is 0 Å². The first kappa shape index (κ1) is 14.6. The van der Waals surface area contributed by atoms with Gasteiger partial charge in [0.2, 0.25) is 0 Å². The molecule has 0 N–H and O–H groups in total. The molecule has 1 heterocycles. The molecule has 3 fully saturated rings. The summed E-state index contributed by atoms with van der Waals surface area (Å²) in [6.45, 7) is 8.16. The van der Waals surface area contributed by atoms with E-state index in [0.29, 0.717) is 23.7 Å². The van der Waals surface area contributed by atoms with Crippen molar-refractivity contribution in [2.45, 2.75) is 84.2 Å². The third kappa shape index (κ3) is 2.81. The molecule has 2 heteroatoms. The zero-order valence-electron chi connectivity index (χ0n) is 13.5. The number of ketones is 1. The largest absolute Gasteiger partial charge is 0.299 e. The van der Waals surface area contributed by atoms with Gasteiger partial charge in [0, 0.05) is 31.0 Å². The summed E-state index contributed by atoms with van der Waals surface area (Å²) < 4.78 is 0. The van der Waals surface area contributed by atoms with Gasteiger partial charge < -0.3 is 0 Å². The van der Waals surface area contributed by atoms with Crippen molar-refractivity contribution in [3.63, 3.8) is 0 Å². The minimum absolute atomic E-state index is 0.214. The lowest BCUT2D eigenvalue weighted by Crippen LogP contribution is -2.58. The van der Waals surface area contributed by atoms with Crippen LogP contribution in [0, 0.1) is 17.3 Å². The molecule has 3 atom stereocenters. The van der Waals surface area contributed by atoms with Gasteiger partial charge in [-0.2, -0.15) is 0 Å². The fourth-order valence-electron chi connectivity index (χ4n) is 5.07. The Bertz CT molecular complexity index is 370. The lowest BCUT2D eigenvalue weighted by Gasteiger charge is -2.53. The topological polar surface area (TPSA) is 20.3 Å². The minimum atomic E-state index is 0.214. The van der Waals surface area contributed by atoms with Crippen LogP contribution >= 0.6 is 0 Å². The SMILES string of the molecule is CC1CC2C(=O)CC(C)(C)CC2N(C2CCCCC2)C1. The fourth-order valence-corrected chi connectivity index (χ4v) is 5.07. The molecule has 0 spiro atoms. The summed E-state index contributed by atoms with van der Waals surface area (Å²) >= 11 is 0. The van der Waals surface area contributed by atoms with Gasteiger partial charge >= 0.3 is 0 Å².